The number of benzene rings is 1. The molecule has 3 atom stereocenters. The molecule has 3 unspecified atom stereocenters. The maximum absolute atomic E-state index is 9.15. The van der Waals surface area contributed by atoms with Gasteiger partial charge in [0.1, 0.15) is 4.88 Å². The van der Waals surface area contributed by atoms with E-state index < -0.39 is 0 Å². The molecule has 2 aromatic heterocycles. The number of rotatable bonds is 6. The van der Waals surface area contributed by atoms with Crippen molar-refractivity contribution in [3.8, 4) is 22.2 Å². The molecule has 0 bridgehead atoms. The molecule has 7 heteroatoms. The van der Waals surface area contributed by atoms with Gasteiger partial charge in [-0.2, -0.15) is 4.98 Å². The minimum atomic E-state index is 0.157. The Hall–Kier alpha value is -2.09. The monoisotopic (exact) mass is 382 g/mol. The van der Waals surface area contributed by atoms with Gasteiger partial charge in [-0.3, -0.25) is 0 Å². The van der Waals surface area contributed by atoms with Crippen LogP contribution >= 0.6 is 11.3 Å². The minimum absolute atomic E-state index is 0.157. The van der Waals surface area contributed by atoms with E-state index in [9.17, 15) is 0 Å². The number of aromatic nitrogens is 3. The van der Waals surface area contributed by atoms with Crippen LogP contribution in [0.4, 0.5) is 0 Å². The fourth-order valence-electron chi connectivity index (χ4n) is 4.18. The zero-order valence-electron chi connectivity index (χ0n) is 15.3. The molecule has 0 radical (unpaired) electrons. The second-order valence-electron chi connectivity index (χ2n) is 7.61. The first-order valence-electron chi connectivity index (χ1n) is 9.44. The number of fused-ring (bicyclic) bond motifs is 3. The number of nitrogens with zero attached hydrogens (tertiary/aromatic N) is 3. The van der Waals surface area contributed by atoms with E-state index >= 15 is 0 Å². The summed E-state index contributed by atoms with van der Waals surface area (Å²) in [5.74, 6) is 2.75. The molecule has 27 heavy (non-hydrogen) atoms. The van der Waals surface area contributed by atoms with E-state index in [-0.39, 0.29) is 6.61 Å². The van der Waals surface area contributed by atoms with Gasteiger partial charge in [0, 0.05) is 24.1 Å². The van der Waals surface area contributed by atoms with Gasteiger partial charge in [-0.05, 0) is 29.4 Å². The van der Waals surface area contributed by atoms with Gasteiger partial charge in [-0.15, -0.1) is 11.3 Å². The fourth-order valence-corrected chi connectivity index (χ4v) is 5.02. The second-order valence-corrected chi connectivity index (χ2v) is 8.67. The van der Waals surface area contributed by atoms with Crippen LogP contribution in [-0.4, -0.2) is 33.4 Å². The van der Waals surface area contributed by atoms with E-state index in [1.54, 1.807) is 11.3 Å². The summed E-state index contributed by atoms with van der Waals surface area (Å²) in [7, 11) is 0. The average molecular weight is 382 g/mol. The van der Waals surface area contributed by atoms with Gasteiger partial charge in [0.2, 0.25) is 5.82 Å². The summed E-state index contributed by atoms with van der Waals surface area (Å²) in [5.41, 5.74) is 3.72. The van der Waals surface area contributed by atoms with Crippen molar-refractivity contribution in [2.24, 2.45) is 5.92 Å². The lowest BCUT2D eigenvalue weighted by atomic mass is 9.97. The van der Waals surface area contributed by atoms with Crippen molar-refractivity contribution in [2.45, 2.75) is 38.1 Å². The van der Waals surface area contributed by atoms with E-state index in [4.69, 9.17) is 9.63 Å². The number of nitrogens with one attached hydrogen (secondary N) is 1. The average Bonchev–Trinajstić information content (AvgIpc) is 3.06. The molecule has 2 heterocycles. The number of hydrogen-bond donors (Lipinski definition) is 2. The fraction of sp³-hybridized carbons (Fsp3) is 0.450. The molecule has 1 saturated carbocycles. The molecule has 6 nitrogen and oxygen atoms in total. The quantitative estimate of drug-likeness (QED) is 0.676. The van der Waals surface area contributed by atoms with E-state index in [0.29, 0.717) is 42.1 Å². The van der Waals surface area contributed by atoms with Crippen molar-refractivity contribution in [3.05, 3.63) is 40.5 Å². The topological polar surface area (TPSA) is 84.1 Å². The Bertz CT molecular complexity index is 980. The Balaban J connectivity index is 1.48. The largest absolute Gasteiger partial charge is 0.395 e. The zero-order valence-corrected chi connectivity index (χ0v) is 16.2. The molecule has 1 aromatic carbocycles. The number of thiazole rings is 1. The third kappa shape index (κ3) is 2.81. The van der Waals surface area contributed by atoms with Gasteiger partial charge >= 0.3 is 0 Å². The summed E-state index contributed by atoms with van der Waals surface area (Å²) in [4.78, 5) is 10.0. The Morgan fingerprint density at radius 1 is 1.37 bits per heavy atom. The van der Waals surface area contributed by atoms with Crippen molar-refractivity contribution in [2.75, 3.05) is 13.2 Å². The van der Waals surface area contributed by atoms with Crippen LogP contribution in [0.1, 0.15) is 54.3 Å². The summed E-state index contributed by atoms with van der Waals surface area (Å²) < 4.78 is 5.56. The summed E-state index contributed by atoms with van der Waals surface area (Å²) in [6, 6.07) is 6.65. The summed E-state index contributed by atoms with van der Waals surface area (Å²) in [6.45, 7) is 5.03. The molecule has 140 valence electrons. The van der Waals surface area contributed by atoms with Crippen molar-refractivity contribution in [1.82, 2.24) is 20.4 Å². The maximum atomic E-state index is 9.15. The van der Waals surface area contributed by atoms with Gasteiger partial charge in [-0.25, -0.2) is 4.98 Å². The van der Waals surface area contributed by atoms with Gasteiger partial charge < -0.3 is 14.9 Å². The van der Waals surface area contributed by atoms with E-state index in [1.807, 2.05) is 6.20 Å². The lowest BCUT2D eigenvalue weighted by molar-refractivity contribution is 0.281. The normalized spacial score (nSPS) is 22.9. The molecule has 0 amide bonds. The van der Waals surface area contributed by atoms with Crippen molar-refractivity contribution in [1.29, 1.82) is 0 Å². The molecule has 2 N–H and O–H groups in total. The van der Waals surface area contributed by atoms with E-state index in [1.165, 1.54) is 17.5 Å². The third-order valence-electron chi connectivity index (χ3n) is 5.48. The molecular formula is C20H22N4O2S. The van der Waals surface area contributed by atoms with Crippen LogP contribution in [0.25, 0.3) is 22.2 Å². The standard InChI is InChI=1S/C20H22N4O2S/c1-10(2)20-22-9-15(27-20)19-23-18(24-26-19)12-5-3-4-11-16(12)13-8-14(13)17(11)21-6-7-25/h3-5,9-10,13-14,17,21,25H,6-8H2,1-2H3. The Morgan fingerprint density at radius 3 is 3.04 bits per heavy atom. The first kappa shape index (κ1) is 17.0. The highest BCUT2D eigenvalue weighted by Crippen LogP contribution is 2.63. The van der Waals surface area contributed by atoms with Crippen LogP contribution in [0.3, 0.4) is 0 Å². The summed E-state index contributed by atoms with van der Waals surface area (Å²) >= 11 is 1.61. The number of hydrogen-bond acceptors (Lipinski definition) is 7. The van der Waals surface area contributed by atoms with E-state index in [0.717, 1.165) is 15.4 Å². The highest BCUT2D eigenvalue weighted by molar-refractivity contribution is 7.15. The molecule has 2 aliphatic carbocycles. The predicted molar refractivity (Wildman–Crippen MR) is 104 cm³/mol. The van der Waals surface area contributed by atoms with Crippen LogP contribution in [-0.2, 0) is 0 Å². The van der Waals surface area contributed by atoms with Crippen molar-refractivity contribution >= 4 is 11.3 Å². The number of aliphatic hydroxyl groups excluding tert-OH is 1. The summed E-state index contributed by atoms with van der Waals surface area (Å²) in [6.07, 6.45) is 3.00. The molecular weight excluding hydrogens is 360 g/mol. The first-order valence-corrected chi connectivity index (χ1v) is 10.3. The maximum Gasteiger partial charge on any atom is 0.269 e. The van der Waals surface area contributed by atoms with Crippen molar-refractivity contribution < 1.29 is 9.63 Å². The Kier molecular flexibility index (Phi) is 4.11. The smallest absolute Gasteiger partial charge is 0.269 e. The molecule has 0 saturated heterocycles. The van der Waals surface area contributed by atoms with Crippen LogP contribution in [0.15, 0.2) is 28.9 Å². The minimum Gasteiger partial charge on any atom is -0.395 e. The molecule has 0 spiro atoms. The van der Waals surface area contributed by atoms with Crippen LogP contribution in [0.5, 0.6) is 0 Å². The van der Waals surface area contributed by atoms with Gasteiger partial charge in [-0.1, -0.05) is 37.2 Å². The predicted octanol–water partition coefficient (Wildman–Crippen LogP) is 3.72. The molecule has 1 fully saturated rings. The van der Waals surface area contributed by atoms with Gasteiger partial charge in [0.15, 0.2) is 0 Å². The number of aliphatic hydroxyl groups is 1. The lowest BCUT2D eigenvalue weighted by Crippen LogP contribution is -2.24. The van der Waals surface area contributed by atoms with Gasteiger partial charge in [0.05, 0.1) is 17.8 Å². The second kappa shape index (κ2) is 6.51. The van der Waals surface area contributed by atoms with Gasteiger partial charge in [0.25, 0.3) is 5.89 Å². The summed E-state index contributed by atoms with van der Waals surface area (Å²) in [5, 5.41) is 18.0. The highest BCUT2D eigenvalue weighted by atomic mass is 32.1. The van der Waals surface area contributed by atoms with E-state index in [2.05, 4.69) is 52.5 Å². The Labute approximate surface area is 161 Å². The lowest BCUT2D eigenvalue weighted by Gasteiger charge is -2.17. The molecule has 2 aliphatic rings. The van der Waals surface area contributed by atoms with Crippen LogP contribution < -0.4 is 5.32 Å². The third-order valence-corrected chi connectivity index (χ3v) is 6.77. The molecule has 0 aliphatic heterocycles. The first-order chi connectivity index (χ1) is 13.2. The highest BCUT2D eigenvalue weighted by Gasteiger charge is 2.52. The Morgan fingerprint density at radius 2 is 2.26 bits per heavy atom. The van der Waals surface area contributed by atoms with Crippen LogP contribution in [0, 0.1) is 5.92 Å². The van der Waals surface area contributed by atoms with Crippen LogP contribution in [0.2, 0.25) is 0 Å². The molecule has 3 aromatic rings. The molecule has 5 rings (SSSR count). The van der Waals surface area contributed by atoms with Crippen molar-refractivity contribution in [3.63, 3.8) is 0 Å². The zero-order chi connectivity index (χ0) is 18.5. The SMILES string of the molecule is CC(C)c1ncc(-c2nc(-c3cccc4c3C3CC3C4NCCO)no2)s1.